The van der Waals surface area contributed by atoms with Crippen LogP contribution in [-0.2, 0) is 4.79 Å². The smallest absolute Gasteiger partial charge is 0.246 e. The van der Waals surface area contributed by atoms with Crippen LogP contribution in [0.25, 0.3) is 6.08 Å². The van der Waals surface area contributed by atoms with Gasteiger partial charge in [0.15, 0.2) is 0 Å². The molecule has 0 aliphatic heterocycles. The van der Waals surface area contributed by atoms with Crippen molar-refractivity contribution in [2.24, 2.45) is 0 Å². The molecule has 0 radical (unpaired) electrons. The SMILES string of the molecule is CN(C(=O)/C=C/c1cc(Br)ccc1F)C1CCCCC1O. The number of rotatable bonds is 3. The quantitative estimate of drug-likeness (QED) is 0.844. The van der Waals surface area contributed by atoms with Crippen LogP contribution in [0.3, 0.4) is 0 Å². The van der Waals surface area contributed by atoms with Gasteiger partial charge in [-0.1, -0.05) is 28.8 Å². The van der Waals surface area contributed by atoms with Gasteiger partial charge in [-0.25, -0.2) is 4.39 Å². The van der Waals surface area contributed by atoms with Crippen molar-refractivity contribution in [3.63, 3.8) is 0 Å². The summed E-state index contributed by atoms with van der Waals surface area (Å²) >= 11 is 3.27. The minimum Gasteiger partial charge on any atom is -0.391 e. The predicted molar refractivity (Wildman–Crippen MR) is 84.2 cm³/mol. The summed E-state index contributed by atoms with van der Waals surface area (Å²) in [5.74, 6) is -0.595. The molecular weight excluding hydrogens is 337 g/mol. The molecule has 5 heteroatoms. The van der Waals surface area contributed by atoms with E-state index in [1.807, 2.05) is 0 Å². The molecule has 21 heavy (non-hydrogen) atoms. The molecule has 3 nitrogen and oxygen atoms in total. The first-order valence-corrected chi connectivity index (χ1v) is 7.86. The lowest BCUT2D eigenvalue weighted by Crippen LogP contribution is -2.45. The highest BCUT2D eigenvalue weighted by Crippen LogP contribution is 2.23. The van der Waals surface area contributed by atoms with Gasteiger partial charge < -0.3 is 10.0 Å². The molecule has 2 unspecified atom stereocenters. The molecule has 2 rings (SSSR count). The zero-order chi connectivity index (χ0) is 15.4. The topological polar surface area (TPSA) is 40.5 Å². The summed E-state index contributed by atoms with van der Waals surface area (Å²) in [5.41, 5.74) is 0.357. The fourth-order valence-corrected chi connectivity index (χ4v) is 3.01. The molecule has 1 amide bonds. The number of aliphatic hydroxyl groups is 1. The van der Waals surface area contributed by atoms with Gasteiger partial charge in [-0.2, -0.15) is 0 Å². The van der Waals surface area contributed by atoms with Gasteiger partial charge >= 0.3 is 0 Å². The van der Waals surface area contributed by atoms with E-state index < -0.39 is 6.10 Å². The van der Waals surface area contributed by atoms with Crippen LogP contribution in [0.2, 0.25) is 0 Å². The molecule has 0 heterocycles. The lowest BCUT2D eigenvalue weighted by molar-refractivity contribution is -0.130. The van der Waals surface area contributed by atoms with Crippen LogP contribution in [0, 0.1) is 5.82 Å². The maximum absolute atomic E-state index is 13.6. The first kappa shape index (κ1) is 16.2. The van der Waals surface area contributed by atoms with E-state index in [1.54, 1.807) is 24.1 Å². The van der Waals surface area contributed by atoms with Gasteiger partial charge in [-0.3, -0.25) is 4.79 Å². The molecule has 1 aliphatic carbocycles. The monoisotopic (exact) mass is 355 g/mol. The molecule has 0 spiro atoms. The van der Waals surface area contributed by atoms with E-state index in [2.05, 4.69) is 15.9 Å². The zero-order valence-corrected chi connectivity index (χ0v) is 13.5. The normalized spacial score (nSPS) is 22.5. The first-order valence-electron chi connectivity index (χ1n) is 7.07. The number of halogens is 2. The Morgan fingerprint density at radius 2 is 2.14 bits per heavy atom. The zero-order valence-electron chi connectivity index (χ0n) is 11.9. The molecule has 0 aromatic heterocycles. The Kier molecular flexibility index (Phi) is 5.53. The number of benzene rings is 1. The maximum Gasteiger partial charge on any atom is 0.246 e. The molecule has 0 saturated heterocycles. The molecule has 114 valence electrons. The lowest BCUT2D eigenvalue weighted by Gasteiger charge is -2.34. The van der Waals surface area contributed by atoms with Gasteiger partial charge in [0.2, 0.25) is 5.91 Å². The van der Waals surface area contributed by atoms with Crippen molar-refractivity contribution in [2.75, 3.05) is 7.05 Å². The number of likely N-dealkylation sites (N-methyl/N-ethyl adjacent to an activating group) is 1. The van der Waals surface area contributed by atoms with Gasteiger partial charge in [0.25, 0.3) is 0 Å². The standard InChI is InChI=1S/C16H19BrFNO2/c1-19(14-4-2-3-5-15(14)20)16(21)9-6-11-10-12(17)7-8-13(11)18/h6-10,14-15,20H,2-5H2,1H3/b9-6+. The second kappa shape index (κ2) is 7.18. The number of aliphatic hydroxyl groups excluding tert-OH is 1. The van der Waals surface area contributed by atoms with Gasteiger partial charge in [0, 0.05) is 23.2 Å². The maximum atomic E-state index is 13.6. The molecule has 1 N–H and O–H groups in total. The molecule has 1 aliphatic rings. The van der Waals surface area contributed by atoms with Crippen LogP contribution in [0.5, 0.6) is 0 Å². The minimum atomic E-state index is -0.469. The van der Waals surface area contributed by atoms with Gasteiger partial charge in [-0.05, 0) is 37.1 Å². The summed E-state index contributed by atoms with van der Waals surface area (Å²) in [5, 5.41) is 9.97. The third-order valence-corrected chi connectivity index (χ3v) is 4.40. The first-order chi connectivity index (χ1) is 9.99. The number of carbonyl (C=O) groups is 1. The van der Waals surface area contributed by atoms with Crippen LogP contribution >= 0.6 is 15.9 Å². The second-order valence-electron chi connectivity index (χ2n) is 5.37. The average Bonchev–Trinajstić information content (AvgIpc) is 2.47. The fraction of sp³-hybridized carbons (Fsp3) is 0.438. The minimum absolute atomic E-state index is 0.150. The Labute approximate surface area is 132 Å². The van der Waals surface area contributed by atoms with E-state index >= 15 is 0 Å². The summed E-state index contributed by atoms with van der Waals surface area (Å²) in [4.78, 5) is 13.7. The van der Waals surface area contributed by atoms with Gasteiger partial charge in [0.05, 0.1) is 12.1 Å². The average molecular weight is 356 g/mol. The van der Waals surface area contributed by atoms with Crippen molar-refractivity contribution >= 4 is 27.9 Å². The molecule has 1 aromatic rings. The number of amides is 1. The third kappa shape index (κ3) is 4.14. The Balaban J connectivity index is 2.06. The summed E-state index contributed by atoms with van der Waals surface area (Å²) in [7, 11) is 1.68. The fourth-order valence-electron chi connectivity index (χ4n) is 2.63. The van der Waals surface area contributed by atoms with Crippen LogP contribution in [0.1, 0.15) is 31.2 Å². The van der Waals surface area contributed by atoms with E-state index in [9.17, 15) is 14.3 Å². The Morgan fingerprint density at radius 3 is 2.86 bits per heavy atom. The van der Waals surface area contributed by atoms with Crippen molar-refractivity contribution in [1.29, 1.82) is 0 Å². The molecule has 2 atom stereocenters. The van der Waals surface area contributed by atoms with Crippen LogP contribution in [0.15, 0.2) is 28.7 Å². The van der Waals surface area contributed by atoms with Gasteiger partial charge in [-0.15, -0.1) is 0 Å². The van der Waals surface area contributed by atoms with E-state index in [4.69, 9.17) is 0 Å². The highest BCUT2D eigenvalue weighted by atomic mass is 79.9. The van der Waals surface area contributed by atoms with E-state index in [1.165, 1.54) is 18.2 Å². The molecule has 1 saturated carbocycles. The van der Waals surface area contributed by atoms with Gasteiger partial charge in [0.1, 0.15) is 5.82 Å². The van der Waals surface area contributed by atoms with Crippen molar-refractivity contribution in [1.82, 2.24) is 4.90 Å². The summed E-state index contributed by atoms with van der Waals surface area (Å²) in [6.45, 7) is 0. The summed E-state index contributed by atoms with van der Waals surface area (Å²) in [6.07, 6.45) is 5.90. The molecular formula is C16H19BrFNO2. The Morgan fingerprint density at radius 1 is 1.43 bits per heavy atom. The highest BCUT2D eigenvalue weighted by molar-refractivity contribution is 9.10. The lowest BCUT2D eigenvalue weighted by atomic mass is 9.91. The number of hydrogen-bond acceptors (Lipinski definition) is 2. The van der Waals surface area contributed by atoms with Crippen molar-refractivity contribution in [3.05, 3.63) is 40.1 Å². The Bertz CT molecular complexity index is 547. The highest BCUT2D eigenvalue weighted by Gasteiger charge is 2.28. The van der Waals surface area contributed by atoms with E-state index in [-0.39, 0.29) is 17.8 Å². The van der Waals surface area contributed by atoms with Crippen molar-refractivity contribution in [2.45, 2.75) is 37.8 Å². The summed E-state index contributed by atoms with van der Waals surface area (Å²) < 4.78 is 14.4. The molecule has 1 fully saturated rings. The van der Waals surface area contributed by atoms with Crippen molar-refractivity contribution in [3.8, 4) is 0 Å². The van der Waals surface area contributed by atoms with Crippen molar-refractivity contribution < 1.29 is 14.3 Å². The van der Waals surface area contributed by atoms with E-state index in [0.717, 1.165) is 30.2 Å². The second-order valence-corrected chi connectivity index (χ2v) is 6.28. The Hall–Kier alpha value is -1.20. The largest absolute Gasteiger partial charge is 0.391 e. The number of nitrogens with zero attached hydrogens (tertiary/aromatic N) is 1. The predicted octanol–water partition coefficient (Wildman–Crippen LogP) is 3.36. The molecule has 0 bridgehead atoms. The van der Waals surface area contributed by atoms with Crippen LogP contribution in [-0.4, -0.2) is 35.1 Å². The molecule has 1 aromatic carbocycles. The number of carbonyl (C=O) groups excluding carboxylic acids is 1. The van der Waals surface area contributed by atoms with Crippen LogP contribution in [0.4, 0.5) is 4.39 Å². The van der Waals surface area contributed by atoms with E-state index in [0.29, 0.717) is 5.56 Å². The number of hydrogen-bond donors (Lipinski definition) is 1. The van der Waals surface area contributed by atoms with Crippen LogP contribution < -0.4 is 0 Å². The summed E-state index contributed by atoms with van der Waals surface area (Å²) in [6, 6.07) is 4.43. The third-order valence-electron chi connectivity index (χ3n) is 3.90.